The molecule has 0 bridgehead atoms. The minimum atomic E-state index is -0.317. The van der Waals surface area contributed by atoms with E-state index in [1.54, 1.807) is 62.8 Å². The van der Waals surface area contributed by atoms with Crippen LogP contribution in [0.25, 0.3) is 0 Å². The first-order valence-electron chi connectivity index (χ1n) is 10.2. The Balaban J connectivity index is 1.85. The molecule has 0 saturated carbocycles. The fourth-order valence-corrected chi connectivity index (χ4v) is 4.87. The number of Topliss-reactive ketones (excluding diaryl/α,β-unsaturated/α-hetero) is 2. The zero-order valence-corrected chi connectivity index (χ0v) is 18.9. The van der Waals surface area contributed by atoms with Crippen molar-refractivity contribution in [3.63, 3.8) is 0 Å². The third-order valence-corrected chi connectivity index (χ3v) is 6.48. The van der Waals surface area contributed by atoms with Crippen LogP contribution in [0.4, 0.5) is 5.69 Å². The summed E-state index contributed by atoms with van der Waals surface area (Å²) < 4.78 is 10.4. The number of carbonyl (C=O) groups excluding carboxylic acids is 2. The lowest BCUT2D eigenvalue weighted by Gasteiger charge is -2.21. The molecule has 1 aliphatic heterocycles. The van der Waals surface area contributed by atoms with Gasteiger partial charge < -0.3 is 14.4 Å². The Hall–Kier alpha value is -3.51. The second kappa shape index (κ2) is 9.32. The SMILES string of the molecule is CCN1C(=C(C(=O)c2ccc(OC)cc2)C(=O)c2ccc(OC)cc2)Sc2ccccc21. The highest BCUT2D eigenvalue weighted by atomic mass is 32.2. The Bertz CT molecular complexity index is 1120. The van der Waals surface area contributed by atoms with Gasteiger partial charge in [0.2, 0.25) is 0 Å². The van der Waals surface area contributed by atoms with Crippen LogP contribution in [0.5, 0.6) is 11.5 Å². The molecule has 0 aromatic heterocycles. The molecule has 3 aromatic carbocycles. The van der Waals surface area contributed by atoms with Gasteiger partial charge in [-0.25, -0.2) is 0 Å². The Kier molecular flexibility index (Phi) is 6.32. The van der Waals surface area contributed by atoms with Crippen LogP contribution in [0, 0.1) is 0 Å². The molecule has 0 spiro atoms. The molecule has 162 valence electrons. The van der Waals surface area contributed by atoms with Gasteiger partial charge in [-0.05, 0) is 67.6 Å². The van der Waals surface area contributed by atoms with E-state index in [9.17, 15) is 9.59 Å². The summed E-state index contributed by atoms with van der Waals surface area (Å²) in [4.78, 5) is 30.4. The number of fused-ring (bicyclic) bond motifs is 1. The lowest BCUT2D eigenvalue weighted by molar-refractivity contribution is 0.0961. The van der Waals surface area contributed by atoms with E-state index in [1.165, 1.54) is 11.8 Å². The van der Waals surface area contributed by atoms with E-state index in [4.69, 9.17) is 9.47 Å². The summed E-state index contributed by atoms with van der Waals surface area (Å²) in [6.07, 6.45) is 0. The van der Waals surface area contributed by atoms with Crippen LogP contribution in [-0.4, -0.2) is 32.3 Å². The number of para-hydroxylation sites is 1. The normalized spacial score (nSPS) is 12.3. The molecular formula is C26H23NO4S. The van der Waals surface area contributed by atoms with Gasteiger partial charge in [0.05, 0.1) is 24.9 Å². The average Bonchev–Trinajstić information content (AvgIpc) is 3.22. The first-order valence-corrected chi connectivity index (χ1v) is 11.0. The molecule has 4 rings (SSSR count). The molecule has 6 heteroatoms. The van der Waals surface area contributed by atoms with Gasteiger partial charge >= 0.3 is 0 Å². The van der Waals surface area contributed by atoms with Crippen molar-refractivity contribution in [2.75, 3.05) is 25.7 Å². The van der Waals surface area contributed by atoms with Gasteiger partial charge in [-0.3, -0.25) is 9.59 Å². The van der Waals surface area contributed by atoms with Crippen molar-refractivity contribution < 1.29 is 19.1 Å². The number of carbonyl (C=O) groups is 2. The number of benzene rings is 3. The zero-order valence-electron chi connectivity index (χ0n) is 18.1. The number of hydrogen-bond donors (Lipinski definition) is 0. The summed E-state index contributed by atoms with van der Waals surface area (Å²) in [5.74, 6) is 0.662. The highest BCUT2D eigenvalue weighted by molar-refractivity contribution is 8.03. The highest BCUT2D eigenvalue weighted by Crippen LogP contribution is 2.47. The Morgan fingerprint density at radius 2 is 1.28 bits per heavy atom. The van der Waals surface area contributed by atoms with Crippen molar-refractivity contribution in [2.24, 2.45) is 0 Å². The largest absolute Gasteiger partial charge is 0.497 e. The summed E-state index contributed by atoms with van der Waals surface area (Å²) in [5, 5.41) is 0.648. The van der Waals surface area contributed by atoms with E-state index in [-0.39, 0.29) is 17.1 Å². The van der Waals surface area contributed by atoms with Crippen molar-refractivity contribution in [1.82, 2.24) is 0 Å². The monoisotopic (exact) mass is 445 g/mol. The summed E-state index contributed by atoms with van der Waals surface area (Å²) in [7, 11) is 3.14. The number of methoxy groups -OCH3 is 2. The Morgan fingerprint density at radius 3 is 1.75 bits per heavy atom. The van der Waals surface area contributed by atoms with Crippen LogP contribution in [0.2, 0.25) is 0 Å². The number of rotatable bonds is 7. The quantitative estimate of drug-likeness (QED) is 0.204. The molecular weight excluding hydrogens is 422 g/mol. The number of ketones is 2. The number of hydrogen-bond acceptors (Lipinski definition) is 6. The van der Waals surface area contributed by atoms with Crippen molar-refractivity contribution in [3.8, 4) is 11.5 Å². The van der Waals surface area contributed by atoms with E-state index < -0.39 is 0 Å². The van der Waals surface area contributed by atoms with Crippen LogP contribution in [0.15, 0.2) is 88.3 Å². The van der Waals surface area contributed by atoms with E-state index in [0.29, 0.717) is 34.2 Å². The molecule has 0 saturated heterocycles. The van der Waals surface area contributed by atoms with Gasteiger partial charge in [0.1, 0.15) is 17.1 Å². The zero-order chi connectivity index (χ0) is 22.7. The van der Waals surface area contributed by atoms with Gasteiger partial charge in [0.25, 0.3) is 0 Å². The van der Waals surface area contributed by atoms with Crippen molar-refractivity contribution in [2.45, 2.75) is 11.8 Å². The molecule has 1 heterocycles. The maximum absolute atomic E-state index is 13.7. The Morgan fingerprint density at radius 1 is 0.781 bits per heavy atom. The molecule has 32 heavy (non-hydrogen) atoms. The maximum atomic E-state index is 13.7. The molecule has 0 atom stereocenters. The molecule has 0 unspecified atom stereocenters. The third kappa shape index (κ3) is 4.01. The first kappa shape index (κ1) is 21.7. The molecule has 1 aliphatic rings. The van der Waals surface area contributed by atoms with Crippen LogP contribution in [-0.2, 0) is 0 Å². The van der Waals surface area contributed by atoms with Crippen LogP contribution < -0.4 is 14.4 Å². The average molecular weight is 446 g/mol. The first-order chi connectivity index (χ1) is 15.6. The fourth-order valence-electron chi connectivity index (χ4n) is 3.61. The highest BCUT2D eigenvalue weighted by Gasteiger charge is 2.33. The summed E-state index contributed by atoms with van der Waals surface area (Å²) in [6, 6.07) is 21.6. The summed E-state index contributed by atoms with van der Waals surface area (Å²) >= 11 is 1.45. The van der Waals surface area contributed by atoms with Crippen molar-refractivity contribution in [1.29, 1.82) is 0 Å². The molecule has 0 N–H and O–H groups in total. The van der Waals surface area contributed by atoms with Gasteiger partial charge in [0, 0.05) is 22.6 Å². The van der Waals surface area contributed by atoms with Gasteiger partial charge in [-0.1, -0.05) is 23.9 Å². The summed E-state index contributed by atoms with van der Waals surface area (Å²) in [6.45, 7) is 2.64. The number of ether oxygens (including phenoxy) is 2. The predicted octanol–water partition coefficient (Wildman–Crippen LogP) is 5.61. The van der Waals surface area contributed by atoms with E-state index in [1.807, 2.05) is 36.1 Å². The Labute approximate surface area is 191 Å². The van der Waals surface area contributed by atoms with E-state index in [0.717, 1.165) is 10.6 Å². The van der Waals surface area contributed by atoms with Crippen LogP contribution in [0.3, 0.4) is 0 Å². The smallest absolute Gasteiger partial charge is 0.199 e. The second-order valence-corrected chi connectivity index (χ2v) is 8.14. The topological polar surface area (TPSA) is 55.8 Å². The van der Waals surface area contributed by atoms with Gasteiger partial charge in [-0.2, -0.15) is 0 Å². The molecule has 0 aliphatic carbocycles. The van der Waals surface area contributed by atoms with Crippen LogP contribution in [0.1, 0.15) is 27.6 Å². The van der Waals surface area contributed by atoms with E-state index in [2.05, 4.69) is 0 Å². The van der Waals surface area contributed by atoms with Gasteiger partial charge in [-0.15, -0.1) is 0 Å². The molecule has 0 radical (unpaired) electrons. The lowest BCUT2D eigenvalue weighted by Crippen LogP contribution is -2.24. The fraction of sp³-hybridized carbons (Fsp3) is 0.154. The van der Waals surface area contributed by atoms with Crippen molar-refractivity contribution in [3.05, 3.63) is 94.5 Å². The number of thioether (sulfide) groups is 1. The minimum Gasteiger partial charge on any atom is -0.497 e. The van der Waals surface area contributed by atoms with Gasteiger partial charge in [0.15, 0.2) is 11.6 Å². The van der Waals surface area contributed by atoms with Crippen LogP contribution >= 0.6 is 11.8 Å². The molecule has 5 nitrogen and oxygen atoms in total. The summed E-state index contributed by atoms with van der Waals surface area (Å²) in [5.41, 5.74) is 2.02. The second-order valence-electron chi connectivity index (χ2n) is 7.11. The standard InChI is InChI=1S/C26H23NO4S/c1-4-27-21-7-5-6-8-22(21)32-26(27)23(24(28)17-9-13-19(30-2)14-10-17)25(29)18-11-15-20(31-3)16-12-18/h5-16H,4H2,1-3H3. The molecule has 0 amide bonds. The molecule has 0 fully saturated rings. The number of nitrogens with zero attached hydrogens (tertiary/aromatic N) is 1. The predicted molar refractivity (Wildman–Crippen MR) is 127 cm³/mol. The van der Waals surface area contributed by atoms with E-state index >= 15 is 0 Å². The lowest BCUT2D eigenvalue weighted by atomic mass is 9.96. The number of anilines is 1. The third-order valence-electron chi connectivity index (χ3n) is 5.30. The number of allylic oxidation sites excluding steroid dienone is 1. The van der Waals surface area contributed by atoms with Crippen molar-refractivity contribution >= 4 is 29.0 Å². The molecule has 3 aromatic rings. The minimum absolute atomic E-state index is 0.156. The maximum Gasteiger partial charge on any atom is 0.199 e.